The molecule has 3 rings (SSSR count). The predicted octanol–water partition coefficient (Wildman–Crippen LogP) is 1.49. The molecule has 0 aromatic carbocycles. The zero-order chi connectivity index (χ0) is 21.2. The molecule has 0 atom stereocenters. The number of aromatic nitrogens is 2. The van der Waals surface area contributed by atoms with Crippen molar-refractivity contribution in [3.63, 3.8) is 0 Å². The van der Waals surface area contributed by atoms with Crippen LogP contribution in [-0.2, 0) is 9.53 Å². The van der Waals surface area contributed by atoms with Crippen LogP contribution in [-0.4, -0.2) is 64.7 Å². The molecule has 0 unspecified atom stereocenters. The van der Waals surface area contributed by atoms with Gasteiger partial charge in [-0.1, -0.05) is 0 Å². The van der Waals surface area contributed by atoms with Gasteiger partial charge in [0.15, 0.2) is 0 Å². The molecule has 2 saturated heterocycles. The first-order valence-electron chi connectivity index (χ1n) is 9.50. The quantitative estimate of drug-likeness (QED) is 0.581. The van der Waals surface area contributed by atoms with E-state index >= 15 is 0 Å². The maximum absolute atomic E-state index is 11.9. The first-order chi connectivity index (χ1) is 13.6. The summed E-state index contributed by atoms with van der Waals surface area (Å²) in [5.74, 6) is 0.0918. The fraction of sp³-hybridized carbons (Fsp3) is 0.526. The minimum absolute atomic E-state index is 0.0354. The van der Waals surface area contributed by atoms with E-state index in [9.17, 15) is 14.4 Å². The maximum Gasteiger partial charge on any atom is 0.407 e. The van der Waals surface area contributed by atoms with Gasteiger partial charge in [-0.15, -0.1) is 0 Å². The molecule has 10 heteroatoms. The van der Waals surface area contributed by atoms with Crippen molar-refractivity contribution in [1.82, 2.24) is 25.5 Å². The highest BCUT2D eigenvalue weighted by Gasteiger charge is 2.30. The molecule has 2 aliphatic heterocycles. The molecule has 1 aromatic rings. The van der Waals surface area contributed by atoms with Crippen LogP contribution in [0.4, 0.5) is 15.5 Å². The number of hydrogen-bond acceptors (Lipinski definition) is 7. The first kappa shape index (κ1) is 20.6. The van der Waals surface area contributed by atoms with Crippen LogP contribution in [0.5, 0.6) is 0 Å². The average molecular weight is 402 g/mol. The molecule has 0 saturated carbocycles. The van der Waals surface area contributed by atoms with Crippen molar-refractivity contribution in [2.75, 3.05) is 25.0 Å². The highest BCUT2D eigenvalue weighted by molar-refractivity contribution is 6.13. The SMILES string of the molecule is CN1C(=O)NC(=O)/C1=C\c1ccnc(N2CCC(NC(=O)OC(C)(C)C)CC2)n1. The minimum Gasteiger partial charge on any atom is -0.444 e. The average Bonchev–Trinajstić information content (AvgIpc) is 2.87. The number of imide groups is 1. The van der Waals surface area contributed by atoms with Gasteiger partial charge in [-0.25, -0.2) is 19.6 Å². The lowest BCUT2D eigenvalue weighted by atomic mass is 10.1. The van der Waals surface area contributed by atoms with Gasteiger partial charge in [0.25, 0.3) is 5.91 Å². The summed E-state index contributed by atoms with van der Waals surface area (Å²) in [7, 11) is 1.52. The molecule has 10 nitrogen and oxygen atoms in total. The Bertz CT molecular complexity index is 839. The summed E-state index contributed by atoms with van der Waals surface area (Å²) < 4.78 is 5.30. The second-order valence-corrected chi connectivity index (χ2v) is 8.04. The summed E-state index contributed by atoms with van der Waals surface area (Å²) in [6.07, 6.45) is 4.26. The van der Waals surface area contributed by atoms with Crippen LogP contribution in [0.2, 0.25) is 0 Å². The van der Waals surface area contributed by atoms with Crippen molar-refractivity contribution in [3.05, 3.63) is 23.7 Å². The van der Waals surface area contributed by atoms with E-state index < -0.39 is 23.6 Å². The number of piperidine rings is 1. The van der Waals surface area contributed by atoms with Gasteiger partial charge in [0, 0.05) is 32.4 Å². The van der Waals surface area contributed by atoms with Crippen LogP contribution in [0.3, 0.4) is 0 Å². The number of amides is 4. The summed E-state index contributed by atoms with van der Waals surface area (Å²) >= 11 is 0. The Morgan fingerprint density at radius 3 is 2.59 bits per heavy atom. The van der Waals surface area contributed by atoms with Crippen LogP contribution >= 0.6 is 0 Å². The molecule has 0 spiro atoms. The summed E-state index contributed by atoms with van der Waals surface area (Å²) in [5.41, 5.74) is 0.248. The fourth-order valence-corrected chi connectivity index (χ4v) is 3.10. The Morgan fingerprint density at radius 2 is 2.00 bits per heavy atom. The smallest absolute Gasteiger partial charge is 0.407 e. The number of anilines is 1. The lowest BCUT2D eigenvalue weighted by Crippen LogP contribution is -2.46. The first-order valence-corrected chi connectivity index (χ1v) is 9.50. The standard InChI is InChI=1S/C19H26N6O4/c1-19(2,3)29-18(28)22-12-6-9-25(10-7-12)16-20-8-5-13(21-16)11-14-15(26)23-17(27)24(14)4/h5,8,11-12H,6-7,9-10H2,1-4H3,(H,22,28)(H,23,26,27)/b14-11+. The van der Waals surface area contributed by atoms with Crippen LogP contribution in [0.25, 0.3) is 6.08 Å². The molecule has 2 N–H and O–H groups in total. The second-order valence-electron chi connectivity index (χ2n) is 8.04. The van der Waals surface area contributed by atoms with E-state index in [1.807, 2.05) is 25.7 Å². The number of nitrogens with zero attached hydrogens (tertiary/aromatic N) is 4. The van der Waals surface area contributed by atoms with Gasteiger partial charge < -0.3 is 15.0 Å². The Kier molecular flexibility index (Phi) is 5.71. The summed E-state index contributed by atoms with van der Waals surface area (Å²) in [6, 6.07) is 1.25. The normalized spacial score (nSPS) is 19.5. The zero-order valence-electron chi connectivity index (χ0n) is 17.1. The predicted molar refractivity (Wildman–Crippen MR) is 106 cm³/mol. The van der Waals surface area contributed by atoms with Crippen LogP contribution in [0, 0.1) is 0 Å². The summed E-state index contributed by atoms with van der Waals surface area (Å²) in [5, 5.41) is 5.13. The van der Waals surface area contributed by atoms with Gasteiger partial charge in [-0.3, -0.25) is 15.0 Å². The number of ether oxygens (including phenoxy) is 1. The van der Waals surface area contributed by atoms with Gasteiger partial charge in [-0.2, -0.15) is 0 Å². The summed E-state index contributed by atoms with van der Waals surface area (Å²) in [6.45, 7) is 6.85. The molecule has 4 amide bonds. The molecular formula is C19H26N6O4. The van der Waals surface area contributed by atoms with E-state index in [1.165, 1.54) is 11.9 Å². The Morgan fingerprint density at radius 1 is 1.31 bits per heavy atom. The fourth-order valence-electron chi connectivity index (χ4n) is 3.10. The Hall–Kier alpha value is -3.17. The van der Waals surface area contributed by atoms with Gasteiger partial charge in [-0.05, 0) is 45.8 Å². The molecule has 29 heavy (non-hydrogen) atoms. The van der Waals surface area contributed by atoms with Gasteiger partial charge in [0.1, 0.15) is 11.3 Å². The van der Waals surface area contributed by atoms with Crippen LogP contribution in [0.1, 0.15) is 39.3 Å². The molecule has 2 aliphatic rings. The van der Waals surface area contributed by atoms with Crippen molar-refractivity contribution in [2.24, 2.45) is 0 Å². The minimum atomic E-state index is -0.525. The van der Waals surface area contributed by atoms with E-state index in [2.05, 4.69) is 20.6 Å². The van der Waals surface area contributed by atoms with Gasteiger partial charge in [0.2, 0.25) is 5.95 Å². The van der Waals surface area contributed by atoms with Crippen molar-refractivity contribution in [2.45, 2.75) is 45.3 Å². The lowest BCUT2D eigenvalue weighted by Gasteiger charge is -2.32. The number of likely N-dealkylation sites (N-methyl/N-ethyl adjacent to an activating group) is 1. The van der Waals surface area contributed by atoms with Crippen LogP contribution in [0.15, 0.2) is 18.0 Å². The Labute approximate surface area is 169 Å². The zero-order valence-corrected chi connectivity index (χ0v) is 17.1. The molecule has 1 aromatic heterocycles. The number of alkyl carbamates (subject to hydrolysis) is 1. The van der Waals surface area contributed by atoms with E-state index in [4.69, 9.17) is 4.74 Å². The number of carbonyl (C=O) groups is 3. The van der Waals surface area contributed by atoms with E-state index in [0.717, 1.165) is 12.8 Å². The van der Waals surface area contributed by atoms with Crippen molar-refractivity contribution >= 4 is 30.1 Å². The molecule has 0 aliphatic carbocycles. The monoisotopic (exact) mass is 402 g/mol. The highest BCUT2D eigenvalue weighted by Crippen LogP contribution is 2.19. The molecule has 2 fully saturated rings. The maximum atomic E-state index is 11.9. The number of rotatable bonds is 3. The lowest BCUT2D eigenvalue weighted by molar-refractivity contribution is -0.115. The third-order valence-corrected chi connectivity index (χ3v) is 4.57. The van der Waals surface area contributed by atoms with E-state index in [0.29, 0.717) is 24.7 Å². The van der Waals surface area contributed by atoms with Gasteiger partial charge >= 0.3 is 12.1 Å². The number of hydrogen-bond donors (Lipinski definition) is 2. The third kappa shape index (κ3) is 5.21. The number of nitrogens with one attached hydrogen (secondary N) is 2. The molecule has 0 radical (unpaired) electrons. The van der Waals surface area contributed by atoms with Crippen molar-refractivity contribution < 1.29 is 19.1 Å². The van der Waals surface area contributed by atoms with Crippen LogP contribution < -0.4 is 15.5 Å². The summed E-state index contributed by atoms with van der Waals surface area (Å²) in [4.78, 5) is 47.4. The van der Waals surface area contributed by atoms with Crippen molar-refractivity contribution in [1.29, 1.82) is 0 Å². The second kappa shape index (κ2) is 8.06. The molecular weight excluding hydrogens is 376 g/mol. The van der Waals surface area contributed by atoms with E-state index in [1.54, 1.807) is 18.3 Å². The number of urea groups is 1. The Balaban J connectivity index is 1.61. The van der Waals surface area contributed by atoms with Crippen molar-refractivity contribution in [3.8, 4) is 0 Å². The number of carbonyl (C=O) groups excluding carboxylic acids is 3. The molecule has 0 bridgehead atoms. The molecule has 156 valence electrons. The highest BCUT2D eigenvalue weighted by atomic mass is 16.6. The molecule has 3 heterocycles. The topological polar surface area (TPSA) is 117 Å². The largest absolute Gasteiger partial charge is 0.444 e. The van der Waals surface area contributed by atoms with Gasteiger partial charge in [0.05, 0.1) is 5.69 Å². The third-order valence-electron chi connectivity index (χ3n) is 4.57. The van der Waals surface area contributed by atoms with E-state index in [-0.39, 0.29) is 11.7 Å².